The molecule has 0 spiro atoms. The first-order valence-electron chi connectivity index (χ1n) is 12.4. The van der Waals surface area contributed by atoms with Crippen molar-refractivity contribution in [1.29, 1.82) is 0 Å². The van der Waals surface area contributed by atoms with E-state index < -0.39 is 9.84 Å². The highest BCUT2D eigenvalue weighted by atomic mass is 32.2. The van der Waals surface area contributed by atoms with Gasteiger partial charge in [-0.1, -0.05) is 17.4 Å². The van der Waals surface area contributed by atoms with Gasteiger partial charge in [0.05, 0.1) is 42.3 Å². The van der Waals surface area contributed by atoms with Crippen molar-refractivity contribution in [2.24, 2.45) is 0 Å². The maximum absolute atomic E-state index is 13.4. The topological polar surface area (TPSA) is 98.3 Å². The van der Waals surface area contributed by atoms with Gasteiger partial charge in [0.25, 0.3) is 0 Å². The van der Waals surface area contributed by atoms with E-state index in [-0.39, 0.29) is 23.0 Å². The van der Waals surface area contributed by atoms with Gasteiger partial charge in [-0.25, -0.2) is 13.4 Å². The number of para-hydroxylation sites is 1. The first-order valence-corrected chi connectivity index (χ1v) is 14.9. The molecule has 0 aliphatic carbocycles. The van der Waals surface area contributed by atoms with E-state index in [0.29, 0.717) is 48.5 Å². The highest BCUT2D eigenvalue weighted by molar-refractivity contribution is 7.91. The molecule has 0 saturated carbocycles. The third kappa shape index (κ3) is 6.98. The number of ether oxygens (including phenoxy) is 3. The summed E-state index contributed by atoms with van der Waals surface area (Å²) in [5.74, 6) is 0.692. The number of carbonyl (C=O) groups excluding carboxylic acids is 1. The fraction of sp³-hybridized carbons (Fsp3) is 0.462. The summed E-state index contributed by atoms with van der Waals surface area (Å²) in [7, 11) is -2.11. The average molecular weight is 548 g/mol. The molecule has 0 atom stereocenters. The molecule has 200 valence electrons. The zero-order valence-electron chi connectivity index (χ0n) is 21.2. The van der Waals surface area contributed by atoms with Gasteiger partial charge in [-0.15, -0.1) is 0 Å². The summed E-state index contributed by atoms with van der Waals surface area (Å²) in [5.41, 5.74) is 0.709. The van der Waals surface area contributed by atoms with Crippen molar-refractivity contribution in [2.75, 3.05) is 63.8 Å². The van der Waals surface area contributed by atoms with Crippen LogP contribution in [-0.2, 0) is 19.4 Å². The minimum absolute atomic E-state index is 0.139. The Kier molecular flexibility index (Phi) is 9.36. The molecule has 2 heterocycles. The lowest BCUT2D eigenvalue weighted by Gasteiger charge is -2.27. The number of sulfone groups is 1. The van der Waals surface area contributed by atoms with Crippen LogP contribution in [0.3, 0.4) is 0 Å². The van der Waals surface area contributed by atoms with Gasteiger partial charge >= 0.3 is 0 Å². The number of aromatic nitrogens is 1. The van der Waals surface area contributed by atoms with Gasteiger partial charge in [0.15, 0.2) is 15.0 Å². The predicted molar refractivity (Wildman–Crippen MR) is 145 cm³/mol. The molecule has 37 heavy (non-hydrogen) atoms. The van der Waals surface area contributed by atoms with Crippen LogP contribution in [0.2, 0.25) is 0 Å². The predicted octanol–water partition coefficient (Wildman–Crippen LogP) is 3.62. The van der Waals surface area contributed by atoms with Crippen LogP contribution in [0, 0.1) is 0 Å². The molecule has 0 bridgehead atoms. The molecular weight excluding hydrogens is 514 g/mol. The molecule has 0 radical (unpaired) electrons. The standard InChI is InChI=1S/C26H33N3O6S2/c1-3-35-22-6-4-7-23-25(22)27-26(36-23)29(14-5-13-28-15-17-34-18-16-28)24(30)12-19-37(31,32)21-10-8-20(33-2)9-11-21/h4,6-11H,3,5,12-19H2,1-2H3. The Hall–Kier alpha value is -2.73. The van der Waals surface area contributed by atoms with Gasteiger partial charge in [0.1, 0.15) is 17.0 Å². The molecule has 2 aromatic carbocycles. The van der Waals surface area contributed by atoms with Crippen LogP contribution in [0.4, 0.5) is 5.13 Å². The van der Waals surface area contributed by atoms with Crippen LogP contribution in [0.15, 0.2) is 47.4 Å². The monoisotopic (exact) mass is 547 g/mol. The second-order valence-electron chi connectivity index (χ2n) is 8.63. The normalized spacial score (nSPS) is 14.5. The largest absolute Gasteiger partial charge is 0.497 e. The van der Waals surface area contributed by atoms with Gasteiger partial charge in [-0.3, -0.25) is 14.6 Å². The third-order valence-corrected chi connectivity index (χ3v) is 8.94. The number of amides is 1. The summed E-state index contributed by atoms with van der Waals surface area (Å²) in [6.45, 7) is 6.86. The number of methoxy groups -OCH3 is 1. The van der Waals surface area contributed by atoms with Gasteiger partial charge in [-0.05, 0) is 49.7 Å². The Morgan fingerprint density at radius 3 is 2.62 bits per heavy atom. The summed E-state index contributed by atoms with van der Waals surface area (Å²) >= 11 is 1.41. The lowest BCUT2D eigenvalue weighted by atomic mass is 10.3. The van der Waals surface area contributed by atoms with Crippen LogP contribution in [0.25, 0.3) is 10.2 Å². The van der Waals surface area contributed by atoms with Crippen molar-refractivity contribution < 1.29 is 27.4 Å². The van der Waals surface area contributed by atoms with Crippen LogP contribution >= 0.6 is 11.3 Å². The van der Waals surface area contributed by atoms with E-state index in [1.54, 1.807) is 17.0 Å². The van der Waals surface area contributed by atoms with E-state index in [4.69, 9.17) is 19.2 Å². The molecular formula is C26H33N3O6S2. The van der Waals surface area contributed by atoms with Crippen molar-refractivity contribution in [3.05, 3.63) is 42.5 Å². The van der Waals surface area contributed by atoms with Crippen molar-refractivity contribution in [2.45, 2.75) is 24.7 Å². The summed E-state index contributed by atoms with van der Waals surface area (Å²) < 4.78 is 43.0. The van der Waals surface area contributed by atoms with E-state index >= 15 is 0 Å². The van der Waals surface area contributed by atoms with Gasteiger partial charge in [0.2, 0.25) is 5.91 Å². The molecule has 1 aliphatic rings. The van der Waals surface area contributed by atoms with E-state index in [9.17, 15) is 13.2 Å². The average Bonchev–Trinajstić information content (AvgIpc) is 3.35. The summed E-state index contributed by atoms with van der Waals surface area (Å²) in [4.78, 5) is 22.3. The minimum atomic E-state index is -3.63. The van der Waals surface area contributed by atoms with Crippen LogP contribution < -0.4 is 14.4 Å². The van der Waals surface area contributed by atoms with Crippen molar-refractivity contribution in [3.63, 3.8) is 0 Å². The van der Waals surface area contributed by atoms with Crippen LogP contribution in [0.5, 0.6) is 11.5 Å². The SMILES string of the molecule is CCOc1cccc2sc(N(CCCN3CCOCC3)C(=O)CCS(=O)(=O)c3ccc(OC)cc3)nc12. The number of nitrogens with zero attached hydrogens (tertiary/aromatic N) is 3. The number of benzene rings is 2. The van der Waals surface area contributed by atoms with Gasteiger partial charge in [-0.2, -0.15) is 0 Å². The first kappa shape index (κ1) is 27.3. The number of fused-ring (bicyclic) bond motifs is 1. The van der Waals surface area contributed by atoms with Crippen molar-refractivity contribution >= 4 is 42.4 Å². The number of hydrogen-bond donors (Lipinski definition) is 0. The van der Waals surface area contributed by atoms with Gasteiger partial charge < -0.3 is 14.2 Å². The highest BCUT2D eigenvalue weighted by Crippen LogP contribution is 2.34. The van der Waals surface area contributed by atoms with E-state index in [1.807, 2.05) is 25.1 Å². The Balaban J connectivity index is 1.51. The van der Waals surface area contributed by atoms with E-state index in [0.717, 1.165) is 30.8 Å². The zero-order valence-corrected chi connectivity index (χ0v) is 22.9. The minimum Gasteiger partial charge on any atom is -0.497 e. The summed E-state index contributed by atoms with van der Waals surface area (Å²) in [6.07, 6.45) is 0.603. The quantitative estimate of drug-likeness (QED) is 0.339. The maximum atomic E-state index is 13.4. The second kappa shape index (κ2) is 12.7. The number of anilines is 1. The molecule has 1 fully saturated rings. The van der Waals surface area contributed by atoms with Crippen molar-refractivity contribution in [1.82, 2.24) is 9.88 Å². The lowest BCUT2D eigenvalue weighted by molar-refractivity contribution is -0.118. The van der Waals surface area contributed by atoms with E-state index in [2.05, 4.69) is 4.90 Å². The van der Waals surface area contributed by atoms with Crippen LogP contribution in [0.1, 0.15) is 19.8 Å². The molecule has 11 heteroatoms. The first-order chi connectivity index (χ1) is 17.9. The molecule has 0 N–H and O–H groups in total. The molecule has 1 aromatic heterocycles. The molecule has 1 saturated heterocycles. The Morgan fingerprint density at radius 1 is 1.16 bits per heavy atom. The molecule has 3 aromatic rings. The number of thiazole rings is 1. The Morgan fingerprint density at radius 2 is 1.92 bits per heavy atom. The Bertz CT molecular complexity index is 1290. The second-order valence-corrected chi connectivity index (χ2v) is 11.7. The zero-order chi connectivity index (χ0) is 26.3. The maximum Gasteiger partial charge on any atom is 0.229 e. The Labute approximate surface area is 221 Å². The smallest absolute Gasteiger partial charge is 0.229 e. The number of rotatable bonds is 12. The molecule has 4 rings (SSSR count). The summed E-state index contributed by atoms with van der Waals surface area (Å²) in [6, 6.07) is 11.9. The molecule has 9 nitrogen and oxygen atoms in total. The van der Waals surface area contributed by atoms with Gasteiger partial charge in [0, 0.05) is 32.6 Å². The fourth-order valence-corrected chi connectivity index (χ4v) is 6.42. The number of morpholine rings is 1. The van der Waals surface area contributed by atoms with Crippen molar-refractivity contribution in [3.8, 4) is 11.5 Å². The van der Waals surface area contributed by atoms with Crippen LogP contribution in [-0.4, -0.2) is 83.1 Å². The molecule has 0 unspecified atom stereocenters. The summed E-state index contributed by atoms with van der Waals surface area (Å²) in [5, 5.41) is 0.552. The molecule has 1 aliphatic heterocycles. The molecule has 1 amide bonds. The third-order valence-electron chi connectivity index (χ3n) is 6.17. The highest BCUT2D eigenvalue weighted by Gasteiger charge is 2.24. The van der Waals surface area contributed by atoms with E-state index in [1.165, 1.54) is 30.6 Å². The number of carbonyl (C=O) groups is 1. The fourth-order valence-electron chi connectivity index (χ4n) is 4.16. The lowest BCUT2D eigenvalue weighted by Crippen LogP contribution is -2.39. The number of hydrogen-bond acceptors (Lipinski definition) is 9.